The van der Waals surface area contributed by atoms with E-state index in [2.05, 4.69) is 9.55 Å². The van der Waals surface area contributed by atoms with E-state index in [-0.39, 0.29) is 5.56 Å². The van der Waals surface area contributed by atoms with Crippen LogP contribution in [-0.4, -0.2) is 23.7 Å². The minimum Gasteiger partial charge on any atom is -0.474 e. The Morgan fingerprint density at radius 1 is 0.892 bits per heavy atom. The zero-order valence-corrected chi connectivity index (χ0v) is 20.5. The van der Waals surface area contributed by atoms with E-state index < -0.39 is 11.8 Å². The van der Waals surface area contributed by atoms with Crippen LogP contribution in [0.1, 0.15) is 23.2 Å². The summed E-state index contributed by atoms with van der Waals surface area (Å²) in [5.41, 5.74) is 5.66. The van der Waals surface area contributed by atoms with Gasteiger partial charge in [-0.3, -0.25) is 13.9 Å². The Kier molecular flexibility index (Phi) is 4.39. The quantitative estimate of drug-likeness (QED) is 0.392. The van der Waals surface area contributed by atoms with Crippen molar-refractivity contribution in [3.8, 4) is 22.7 Å². The van der Waals surface area contributed by atoms with Gasteiger partial charge < -0.3 is 14.3 Å². The third kappa shape index (κ3) is 2.92. The van der Waals surface area contributed by atoms with Crippen LogP contribution >= 0.6 is 0 Å². The lowest BCUT2D eigenvalue weighted by Gasteiger charge is -2.28. The van der Waals surface area contributed by atoms with Crippen molar-refractivity contribution in [3.05, 3.63) is 111 Å². The molecule has 3 aromatic carbocycles. The Bertz CT molecular complexity index is 1960. The average Bonchev–Trinajstić information content (AvgIpc) is 3.51. The highest BCUT2D eigenvalue weighted by molar-refractivity contribution is 5.98. The minimum atomic E-state index is -0.679. The van der Waals surface area contributed by atoms with Crippen LogP contribution < -0.4 is 16.0 Å². The molecule has 1 aliphatic rings. The molecule has 182 valence electrons. The summed E-state index contributed by atoms with van der Waals surface area (Å²) >= 11 is 0. The molecule has 4 heterocycles. The van der Waals surface area contributed by atoms with Crippen molar-refractivity contribution in [3.63, 3.8) is 0 Å². The molecule has 0 amide bonds. The number of aromatic nitrogens is 5. The van der Waals surface area contributed by atoms with Gasteiger partial charge in [0.1, 0.15) is 5.75 Å². The van der Waals surface area contributed by atoms with E-state index in [1.807, 2.05) is 79.7 Å². The maximum absolute atomic E-state index is 13.7. The fourth-order valence-corrected chi connectivity index (χ4v) is 5.38. The first-order valence-electron chi connectivity index (χ1n) is 12.1. The van der Waals surface area contributed by atoms with Crippen LogP contribution in [0.2, 0.25) is 0 Å². The molecule has 6 aromatic rings. The second-order valence-corrected chi connectivity index (χ2v) is 9.47. The SMILES string of the molecule is Cc1ccc(-c2c3c(=O)n(C)c(=O)n(C)c3c3n2-c2ccccc2O[C@@H]3c2nc3ccccc3[nH]2)cc1. The Labute approximate surface area is 211 Å². The van der Waals surface area contributed by atoms with Crippen LogP contribution in [0.5, 0.6) is 5.75 Å². The van der Waals surface area contributed by atoms with Crippen molar-refractivity contribution in [2.45, 2.75) is 13.0 Å². The monoisotopic (exact) mass is 489 g/mol. The molecular formula is C29H23N5O3. The van der Waals surface area contributed by atoms with Crippen LogP contribution in [-0.2, 0) is 14.1 Å². The van der Waals surface area contributed by atoms with Crippen LogP contribution in [0.15, 0.2) is 82.4 Å². The highest BCUT2D eigenvalue weighted by Crippen LogP contribution is 2.46. The number of nitrogens with one attached hydrogen (secondary N) is 1. The number of rotatable bonds is 2. The Morgan fingerprint density at radius 2 is 1.62 bits per heavy atom. The summed E-state index contributed by atoms with van der Waals surface area (Å²) in [5, 5.41) is 0.463. The molecular weight excluding hydrogens is 466 g/mol. The molecule has 0 unspecified atom stereocenters. The van der Waals surface area contributed by atoms with Gasteiger partial charge in [0.05, 0.1) is 39.0 Å². The third-order valence-electron chi connectivity index (χ3n) is 7.19. The molecule has 7 rings (SSSR count). The van der Waals surface area contributed by atoms with E-state index in [4.69, 9.17) is 9.72 Å². The molecule has 0 radical (unpaired) electrons. The number of hydrogen-bond acceptors (Lipinski definition) is 4. The molecule has 0 aliphatic carbocycles. The van der Waals surface area contributed by atoms with Gasteiger partial charge in [0, 0.05) is 14.1 Å². The lowest BCUT2D eigenvalue weighted by atomic mass is 10.1. The summed E-state index contributed by atoms with van der Waals surface area (Å²) in [4.78, 5) is 35.1. The van der Waals surface area contributed by atoms with E-state index in [1.165, 1.54) is 11.6 Å². The van der Waals surface area contributed by atoms with E-state index in [1.54, 1.807) is 7.05 Å². The molecule has 0 bridgehead atoms. The summed E-state index contributed by atoms with van der Waals surface area (Å²) in [6, 6.07) is 23.6. The normalized spacial score (nSPS) is 14.5. The number of fused-ring (bicyclic) bond motifs is 6. The van der Waals surface area contributed by atoms with Crippen LogP contribution in [0.3, 0.4) is 0 Å². The topological polar surface area (TPSA) is 86.8 Å². The second kappa shape index (κ2) is 7.57. The van der Waals surface area contributed by atoms with E-state index >= 15 is 0 Å². The highest BCUT2D eigenvalue weighted by atomic mass is 16.5. The van der Waals surface area contributed by atoms with Gasteiger partial charge in [-0.2, -0.15) is 0 Å². The summed E-state index contributed by atoms with van der Waals surface area (Å²) < 4.78 is 11.3. The zero-order chi connectivity index (χ0) is 25.4. The largest absolute Gasteiger partial charge is 0.474 e. The van der Waals surface area contributed by atoms with Gasteiger partial charge in [0.2, 0.25) is 0 Å². The first-order chi connectivity index (χ1) is 17.9. The van der Waals surface area contributed by atoms with Gasteiger partial charge in [0.15, 0.2) is 11.9 Å². The number of nitrogens with zero attached hydrogens (tertiary/aromatic N) is 4. The van der Waals surface area contributed by atoms with Crippen molar-refractivity contribution in [2.24, 2.45) is 14.1 Å². The van der Waals surface area contributed by atoms with Gasteiger partial charge in [-0.05, 0) is 36.8 Å². The smallest absolute Gasteiger partial charge is 0.331 e. The summed E-state index contributed by atoms with van der Waals surface area (Å²) in [6.45, 7) is 2.03. The summed E-state index contributed by atoms with van der Waals surface area (Å²) in [7, 11) is 3.21. The molecule has 1 aliphatic heterocycles. The molecule has 8 heteroatoms. The van der Waals surface area contributed by atoms with Gasteiger partial charge in [-0.25, -0.2) is 9.78 Å². The van der Waals surface area contributed by atoms with Gasteiger partial charge in [-0.1, -0.05) is 54.1 Å². The van der Waals surface area contributed by atoms with Gasteiger partial charge in [-0.15, -0.1) is 0 Å². The first kappa shape index (κ1) is 21.4. The van der Waals surface area contributed by atoms with Gasteiger partial charge >= 0.3 is 5.69 Å². The average molecular weight is 490 g/mol. The molecule has 1 N–H and O–H groups in total. The zero-order valence-electron chi connectivity index (χ0n) is 20.5. The Balaban J connectivity index is 1.69. The number of imidazole rings is 1. The second-order valence-electron chi connectivity index (χ2n) is 9.47. The number of para-hydroxylation sites is 4. The lowest BCUT2D eigenvalue weighted by molar-refractivity contribution is 0.220. The number of aromatic amines is 1. The molecule has 0 saturated carbocycles. The maximum Gasteiger partial charge on any atom is 0.331 e. The molecule has 1 atom stereocenters. The Hall–Kier alpha value is -4.85. The van der Waals surface area contributed by atoms with Crippen LogP contribution in [0, 0.1) is 6.92 Å². The van der Waals surface area contributed by atoms with Crippen molar-refractivity contribution in [1.29, 1.82) is 0 Å². The number of benzene rings is 3. The van der Waals surface area contributed by atoms with Crippen molar-refractivity contribution in [2.75, 3.05) is 0 Å². The fraction of sp³-hybridized carbons (Fsp3) is 0.138. The summed E-state index contributed by atoms with van der Waals surface area (Å²) in [5.74, 6) is 1.26. The third-order valence-corrected chi connectivity index (χ3v) is 7.19. The lowest BCUT2D eigenvalue weighted by Crippen LogP contribution is -2.37. The standard InChI is InChI=1S/C29H23N5O3/c1-16-12-14-17(15-13-16)23-22-24(32(2)29(36)33(3)28(22)35)25-26(27-30-18-8-4-5-9-19(18)31-27)37-21-11-7-6-10-20(21)34(23)25/h4-15,26H,1-3H3,(H,30,31)/t26-/m0/s1. The molecule has 0 saturated heterocycles. The minimum absolute atomic E-state index is 0.351. The number of ether oxygens (including phenoxy) is 1. The molecule has 8 nitrogen and oxygen atoms in total. The molecule has 0 spiro atoms. The van der Waals surface area contributed by atoms with Crippen LogP contribution in [0.25, 0.3) is 38.9 Å². The highest BCUT2D eigenvalue weighted by Gasteiger charge is 2.37. The number of H-pyrrole nitrogens is 1. The van der Waals surface area contributed by atoms with Crippen molar-refractivity contribution < 1.29 is 4.74 Å². The van der Waals surface area contributed by atoms with E-state index in [9.17, 15) is 9.59 Å². The molecule has 0 fully saturated rings. The van der Waals surface area contributed by atoms with Crippen molar-refractivity contribution in [1.82, 2.24) is 23.7 Å². The Morgan fingerprint density at radius 3 is 2.41 bits per heavy atom. The van der Waals surface area contributed by atoms with Crippen LogP contribution in [0.4, 0.5) is 0 Å². The predicted octanol–water partition coefficient (Wildman–Crippen LogP) is 4.36. The first-order valence-corrected chi connectivity index (χ1v) is 12.1. The van der Waals surface area contributed by atoms with E-state index in [0.29, 0.717) is 28.2 Å². The van der Waals surface area contributed by atoms with E-state index in [0.717, 1.165) is 38.1 Å². The number of hydrogen-bond donors (Lipinski definition) is 1. The molecule has 3 aromatic heterocycles. The maximum atomic E-state index is 13.7. The summed E-state index contributed by atoms with van der Waals surface area (Å²) in [6.07, 6.45) is -0.679. The number of aryl methyl sites for hydroxylation is 2. The molecule has 37 heavy (non-hydrogen) atoms. The van der Waals surface area contributed by atoms with Gasteiger partial charge in [0.25, 0.3) is 5.56 Å². The predicted molar refractivity (Wildman–Crippen MR) is 142 cm³/mol. The fourth-order valence-electron chi connectivity index (χ4n) is 5.38. The van der Waals surface area contributed by atoms with Crippen molar-refractivity contribution >= 4 is 21.9 Å².